The molecule has 1 saturated carbocycles. The zero-order valence-electron chi connectivity index (χ0n) is 12.6. The minimum Gasteiger partial charge on any atom is -0.468 e. The predicted octanol–water partition coefficient (Wildman–Crippen LogP) is 1.23. The molecule has 2 atom stereocenters. The number of esters is 1. The highest BCUT2D eigenvalue weighted by Crippen LogP contribution is 2.28. The molecule has 5 nitrogen and oxygen atoms in total. The largest absolute Gasteiger partial charge is 0.468 e. The first-order chi connectivity index (χ1) is 9.16. The quantitative estimate of drug-likeness (QED) is 0.643. The molecule has 0 amide bonds. The highest BCUT2D eigenvalue weighted by atomic mass is 32.2. The minimum absolute atomic E-state index is 0.174. The smallest absolute Gasteiger partial charge is 0.325 e. The number of thioether (sulfide) groups is 1. The molecule has 0 heterocycles. The topological polar surface area (TPSA) is 72.5 Å². The lowest BCUT2D eigenvalue weighted by molar-refractivity contribution is -0.148. The molecule has 2 unspecified atom stereocenters. The summed E-state index contributed by atoms with van der Waals surface area (Å²) in [5, 5.41) is 3.54. The van der Waals surface area contributed by atoms with Crippen LogP contribution in [-0.4, -0.2) is 56.1 Å². The third kappa shape index (κ3) is 6.45. The van der Waals surface area contributed by atoms with E-state index in [0.717, 1.165) is 12.8 Å². The van der Waals surface area contributed by atoms with Crippen LogP contribution in [0.1, 0.15) is 33.1 Å². The molecular weight excluding hydrogens is 298 g/mol. The van der Waals surface area contributed by atoms with E-state index in [1.165, 1.54) is 13.4 Å². The fraction of sp³-hybridized carbons (Fsp3) is 0.923. The Morgan fingerprint density at radius 2 is 2.10 bits per heavy atom. The van der Waals surface area contributed by atoms with Crippen molar-refractivity contribution in [1.82, 2.24) is 5.32 Å². The van der Waals surface area contributed by atoms with Gasteiger partial charge in [0.15, 0.2) is 0 Å². The van der Waals surface area contributed by atoms with Crippen molar-refractivity contribution in [3.05, 3.63) is 0 Å². The lowest BCUT2D eigenvalue weighted by Crippen LogP contribution is -2.52. The molecule has 1 fully saturated rings. The molecule has 0 radical (unpaired) electrons. The molecule has 1 rings (SSSR count). The number of rotatable bonds is 9. The van der Waals surface area contributed by atoms with Gasteiger partial charge in [-0.1, -0.05) is 6.92 Å². The predicted molar refractivity (Wildman–Crippen MR) is 82.8 cm³/mol. The van der Waals surface area contributed by atoms with Gasteiger partial charge in [-0.25, -0.2) is 8.42 Å². The molecule has 118 valence electrons. The van der Waals surface area contributed by atoms with Gasteiger partial charge in [-0.3, -0.25) is 10.1 Å². The molecule has 7 heteroatoms. The van der Waals surface area contributed by atoms with Crippen molar-refractivity contribution in [2.24, 2.45) is 0 Å². The van der Waals surface area contributed by atoms with Gasteiger partial charge in [0.2, 0.25) is 0 Å². The van der Waals surface area contributed by atoms with Crippen LogP contribution in [-0.2, 0) is 19.4 Å². The summed E-state index contributed by atoms with van der Waals surface area (Å²) in [4.78, 5) is 12.0. The highest BCUT2D eigenvalue weighted by molar-refractivity contribution is 8.01. The Morgan fingerprint density at radius 3 is 2.55 bits per heavy atom. The standard InChI is InChI=1S/C13H25NO4S2/c1-10(19-7-8-20(4,16)17)9-13(2,12(15)18-3)14-11-5-6-11/h10-11,14H,5-9H2,1-4H3. The van der Waals surface area contributed by atoms with Crippen molar-refractivity contribution in [2.45, 2.75) is 49.9 Å². The van der Waals surface area contributed by atoms with Gasteiger partial charge in [-0.15, -0.1) is 0 Å². The van der Waals surface area contributed by atoms with Gasteiger partial charge in [0, 0.05) is 23.3 Å². The summed E-state index contributed by atoms with van der Waals surface area (Å²) in [7, 11) is -1.52. The molecule has 1 N–H and O–H groups in total. The van der Waals surface area contributed by atoms with Crippen LogP contribution in [0.4, 0.5) is 0 Å². The average molecular weight is 323 g/mol. The normalized spacial score (nSPS) is 20.2. The van der Waals surface area contributed by atoms with Crippen LogP contribution in [0.2, 0.25) is 0 Å². The van der Waals surface area contributed by atoms with E-state index >= 15 is 0 Å². The summed E-state index contributed by atoms with van der Waals surface area (Å²) in [6.07, 6.45) is 4.07. The van der Waals surface area contributed by atoms with Crippen molar-refractivity contribution >= 4 is 27.6 Å². The fourth-order valence-electron chi connectivity index (χ4n) is 2.14. The van der Waals surface area contributed by atoms with Crippen LogP contribution in [0.5, 0.6) is 0 Å². The second-order valence-electron chi connectivity index (χ2n) is 5.76. The maximum Gasteiger partial charge on any atom is 0.325 e. The van der Waals surface area contributed by atoms with Gasteiger partial charge < -0.3 is 4.74 Å². The zero-order chi connectivity index (χ0) is 15.4. The van der Waals surface area contributed by atoms with Crippen LogP contribution in [0.25, 0.3) is 0 Å². The Labute approximate surface area is 126 Å². The maximum atomic E-state index is 12.0. The number of carbonyl (C=O) groups excluding carboxylic acids is 1. The Hall–Kier alpha value is -0.270. The maximum absolute atomic E-state index is 12.0. The molecule has 1 aliphatic carbocycles. The molecule has 0 spiro atoms. The number of carbonyl (C=O) groups is 1. The van der Waals surface area contributed by atoms with E-state index in [4.69, 9.17) is 4.74 Å². The van der Waals surface area contributed by atoms with Gasteiger partial charge in [0.1, 0.15) is 15.4 Å². The van der Waals surface area contributed by atoms with Crippen LogP contribution in [0.15, 0.2) is 0 Å². The van der Waals surface area contributed by atoms with Crippen molar-refractivity contribution < 1.29 is 17.9 Å². The van der Waals surface area contributed by atoms with E-state index < -0.39 is 15.4 Å². The average Bonchev–Trinajstić information content (AvgIpc) is 3.09. The molecule has 0 saturated heterocycles. The lowest BCUT2D eigenvalue weighted by Gasteiger charge is -2.30. The number of hydrogen-bond acceptors (Lipinski definition) is 6. The Bertz CT molecular complexity index is 434. The highest BCUT2D eigenvalue weighted by Gasteiger charge is 2.40. The lowest BCUT2D eigenvalue weighted by atomic mass is 9.96. The summed E-state index contributed by atoms with van der Waals surface area (Å²) in [5.41, 5.74) is -0.687. The van der Waals surface area contributed by atoms with Crippen molar-refractivity contribution in [1.29, 1.82) is 0 Å². The Balaban J connectivity index is 2.49. The first-order valence-corrected chi connectivity index (χ1v) is 9.92. The van der Waals surface area contributed by atoms with Crippen LogP contribution >= 0.6 is 11.8 Å². The number of sulfone groups is 1. The van der Waals surface area contributed by atoms with E-state index in [0.29, 0.717) is 18.2 Å². The Kier molecular flexibility index (Phi) is 6.34. The van der Waals surface area contributed by atoms with Crippen LogP contribution in [0, 0.1) is 0 Å². The summed E-state index contributed by atoms with van der Waals surface area (Å²) < 4.78 is 27.1. The SMILES string of the molecule is COC(=O)C(C)(CC(C)SCCS(C)(=O)=O)NC1CC1. The molecule has 0 aliphatic heterocycles. The van der Waals surface area contributed by atoms with Crippen LogP contribution < -0.4 is 5.32 Å². The molecule has 0 aromatic carbocycles. The van der Waals surface area contributed by atoms with Gasteiger partial charge in [0.05, 0.1) is 12.9 Å². The van der Waals surface area contributed by atoms with Gasteiger partial charge >= 0.3 is 5.97 Å². The fourth-order valence-corrected chi connectivity index (χ4v) is 4.59. The molecule has 0 bridgehead atoms. The van der Waals surface area contributed by atoms with Crippen molar-refractivity contribution in [2.75, 3.05) is 24.9 Å². The van der Waals surface area contributed by atoms with E-state index in [2.05, 4.69) is 5.32 Å². The second kappa shape index (κ2) is 7.13. The van der Waals surface area contributed by atoms with E-state index in [9.17, 15) is 13.2 Å². The van der Waals surface area contributed by atoms with Gasteiger partial charge in [-0.2, -0.15) is 11.8 Å². The van der Waals surface area contributed by atoms with Crippen molar-refractivity contribution in [3.63, 3.8) is 0 Å². The molecule has 0 aromatic rings. The first-order valence-electron chi connectivity index (χ1n) is 6.82. The minimum atomic E-state index is -2.92. The molecular formula is C13H25NO4S2. The van der Waals surface area contributed by atoms with E-state index in [-0.39, 0.29) is 17.0 Å². The number of ether oxygens (including phenoxy) is 1. The van der Waals surface area contributed by atoms with Crippen LogP contribution in [0.3, 0.4) is 0 Å². The number of methoxy groups -OCH3 is 1. The van der Waals surface area contributed by atoms with E-state index in [1.807, 2.05) is 13.8 Å². The molecule has 20 heavy (non-hydrogen) atoms. The third-order valence-corrected chi connectivity index (χ3v) is 5.67. The molecule has 1 aliphatic rings. The van der Waals surface area contributed by atoms with Gasteiger partial charge in [0.25, 0.3) is 0 Å². The zero-order valence-corrected chi connectivity index (χ0v) is 14.3. The first kappa shape index (κ1) is 17.8. The van der Waals surface area contributed by atoms with Crippen molar-refractivity contribution in [3.8, 4) is 0 Å². The second-order valence-corrected chi connectivity index (χ2v) is 9.56. The number of nitrogens with one attached hydrogen (secondary N) is 1. The number of hydrogen-bond donors (Lipinski definition) is 1. The van der Waals surface area contributed by atoms with E-state index in [1.54, 1.807) is 11.8 Å². The summed E-state index contributed by atoms with van der Waals surface area (Å²) >= 11 is 1.58. The monoisotopic (exact) mass is 323 g/mol. The third-order valence-electron chi connectivity index (χ3n) is 3.29. The summed E-state index contributed by atoms with van der Waals surface area (Å²) in [5.74, 6) is 0.480. The molecule has 0 aromatic heterocycles. The summed E-state index contributed by atoms with van der Waals surface area (Å²) in [6.45, 7) is 3.88. The summed E-state index contributed by atoms with van der Waals surface area (Å²) in [6, 6.07) is 0.410. The Morgan fingerprint density at radius 1 is 1.50 bits per heavy atom. The van der Waals surface area contributed by atoms with Gasteiger partial charge in [-0.05, 0) is 26.2 Å².